The number of hydrogen-bond acceptors (Lipinski definition) is 3. The third-order valence-corrected chi connectivity index (χ3v) is 7.58. The summed E-state index contributed by atoms with van der Waals surface area (Å²) >= 11 is 0. The molecule has 0 N–H and O–H groups in total. The largest absolute Gasteiger partial charge is 0.494 e. The maximum absolute atomic E-state index is 15.0. The van der Waals surface area contributed by atoms with Gasteiger partial charge in [0.2, 0.25) is 11.6 Å². The van der Waals surface area contributed by atoms with Crippen LogP contribution in [0.25, 0.3) is 0 Å². The molecule has 0 aliphatic heterocycles. The van der Waals surface area contributed by atoms with E-state index in [2.05, 4.69) is 0 Å². The average molecular weight is 481 g/mol. The first-order valence-electron chi connectivity index (χ1n) is 12.1. The van der Waals surface area contributed by atoms with Gasteiger partial charge in [-0.3, -0.25) is 0 Å². The van der Waals surface area contributed by atoms with Crippen LogP contribution in [0.15, 0.2) is 24.3 Å². The summed E-state index contributed by atoms with van der Waals surface area (Å²) in [4.78, 5) is 0. The Kier molecular flexibility index (Phi) is 8.02. The van der Waals surface area contributed by atoms with Crippen molar-refractivity contribution in [3.63, 3.8) is 0 Å². The van der Waals surface area contributed by atoms with Crippen LogP contribution in [0.1, 0.15) is 74.3 Å². The Morgan fingerprint density at radius 3 is 1.68 bits per heavy atom. The van der Waals surface area contributed by atoms with Gasteiger partial charge in [-0.1, -0.05) is 12.1 Å². The van der Waals surface area contributed by atoms with Gasteiger partial charge in [0.1, 0.15) is 0 Å². The first kappa shape index (κ1) is 24.8. The van der Waals surface area contributed by atoms with E-state index in [0.717, 1.165) is 38.5 Å². The molecule has 0 amide bonds. The van der Waals surface area contributed by atoms with Gasteiger partial charge < -0.3 is 14.2 Å². The molecule has 4 rings (SSSR count). The summed E-state index contributed by atoms with van der Waals surface area (Å²) in [5.41, 5.74) is 0.918. The zero-order valence-corrected chi connectivity index (χ0v) is 19.7. The van der Waals surface area contributed by atoms with Crippen molar-refractivity contribution < 1.29 is 31.8 Å². The van der Waals surface area contributed by atoms with Crippen LogP contribution in [0.5, 0.6) is 11.5 Å². The topological polar surface area (TPSA) is 27.7 Å². The Labute approximate surface area is 198 Å². The van der Waals surface area contributed by atoms with Crippen LogP contribution in [-0.2, 0) is 4.74 Å². The Hall–Kier alpha value is -2.28. The Morgan fingerprint density at radius 2 is 1.15 bits per heavy atom. The number of rotatable bonds is 7. The molecule has 34 heavy (non-hydrogen) atoms. The van der Waals surface area contributed by atoms with Gasteiger partial charge >= 0.3 is 0 Å². The maximum Gasteiger partial charge on any atom is 0.204 e. The number of hydrogen-bond donors (Lipinski definition) is 0. The van der Waals surface area contributed by atoms with Gasteiger partial charge in [0.25, 0.3) is 0 Å². The third-order valence-electron chi connectivity index (χ3n) is 7.58. The minimum Gasteiger partial charge on any atom is -0.494 e. The molecule has 2 aromatic carbocycles. The number of methoxy groups -OCH3 is 2. The van der Waals surface area contributed by atoms with Crippen molar-refractivity contribution in [2.24, 2.45) is 5.92 Å². The van der Waals surface area contributed by atoms with Gasteiger partial charge in [0.05, 0.1) is 19.8 Å². The molecule has 0 radical (unpaired) electrons. The van der Waals surface area contributed by atoms with E-state index < -0.39 is 23.3 Å². The summed E-state index contributed by atoms with van der Waals surface area (Å²) in [7, 11) is 2.96. The minimum atomic E-state index is -1.07. The SMILES string of the molecule is COc1ccc(OCC2CCC(c3ccc(C4CCC(OC)CC4)c(F)c3F)CC2)c(F)c1F. The fourth-order valence-corrected chi connectivity index (χ4v) is 5.45. The normalized spacial score (nSPS) is 25.2. The third kappa shape index (κ3) is 5.19. The van der Waals surface area contributed by atoms with Gasteiger partial charge in [0, 0.05) is 7.11 Å². The second kappa shape index (κ2) is 11.0. The lowest BCUT2D eigenvalue weighted by Gasteiger charge is -2.30. The molecule has 0 heterocycles. The predicted molar refractivity (Wildman–Crippen MR) is 121 cm³/mol. The van der Waals surface area contributed by atoms with E-state index in [1.807, 2.05) is 0 Å². The van der Waals surface area contributed by atoms with Crippen molar-refractivity contribution in [1.82, 2.24) is 0 Å². The van der Waals surface area contributed by atoms with E-state index in [1.54, 1.807) is 19.2 Å². The molecule has 2 aliphatic carbocycles. The summed E-state index contributed by atoms with van der Waals surface area (Å²) in [5, 5.41) is 0. The van der Waals surface area contributed by atoms with E-state index in [9.17, 15) is 13.2 Å². The van der Waals surface area contributed by atoms with E-state index in [1.165, 1.54) is 19.2 Å². The molecule has 0 unspecified atom stereocenters. The second-order valence-electron chi connectivity index (χ2n) is 9.50. The van der Waals surface area contributed by atoms with Crippen molar-refractivity contribution in [3.8, 4) is 11.5 Å². The minimum absolute atomic E-state index is 0.0334. The highest BCUT2D eigenvalue weighted by Gasteiger charge is 2.30. The summed E-state index contributed by atoms with van der Waals surface area (Å²) in [6.45, 7) is 0.245. The molecule has 0 spiro atoms. The fraction of sp³-hybridized carbons (Fsp3) is 0.556. The highest BCUT2D eigenvalue weighted by atomic mass is 19.2. The number of halogens is 4. The summed E-state index contributed by atoms with van der Waals surface area (Å²) in [6, 6.07) is 6.20. The van der Waals surface area contributed by atoms with Crippen LogP contribution in [0, 0.1) is 29.2 Å². The Morgan fingerprint density at radius 1 is 0.647 bits per heavy atom. The molecular weight excluding hydrogens is 448 g/mol. The fourth-order valence-electron chi connectivity index (χ4n) is 5.45. The van der Waals surface area contributed by atoms with Gasteiger partial charge in [-0.25, -0.2) is 8.78 Å². The lowest BCUT2D eigenvalue weighted by molar-refractivity contribution is 0.0655. The molecule has 2 aromatic rings. The molecular formula is C27H32F4O3. The van der Waals surface area contributed by atoms with Gasteiger partial charge in [-0.15, -0.1) is 0 Å². The monoisotopic (exact) mass is 480 g/mol. The summed E-state index contributed by atoms with van der Waals surface area (Å²) in [5.74, 6) is -3.77. The van der Waals surface area contributed by atoms with Crippen LogP contribution in [0.4, 0.5) is 17.6 Å². The number of ether oxygens (including phenoxy) is 3. The van der Waals surface area contributed by atoms with Gasteiger partial charge in [-0.05, 0) is 92.4 Å². The standard InChI is InChI=1S/C27H32F4O3/c1-32-19-9-7-18(8-10-19)21-12-11-20(24(28)25(21)29)17-5-3-16(4-6-17)15-34-23-14-13-22(33-2)26(30)27(23)31/h11-14,16-19H,3-10,15H2,1-2H3. The molecule has 2 saturated carbocycles. The molecule has 3 nitrogen and oxygen atoms in total. The van der Waals surface area contributed by atoms with E-state index in [0.29, 0.717) is 24.0 Å². The highest BCUT2D eigenvalue weighted by molar-refractivity contribution is 5.35. The van der Waals surface area contributed by atoms with Crippen LogP contribution < -0.4 is 9.47 Å². The smallest absolute Gasteiger partial charge is 0.204 e. The molecule has 0 aromatic heterocycles. The lowest BCUT2D eigenvalue weighted by atomic mass is 9.77. The average Bonchev–Trinajstić information content (AvgIpc) is 2.87. The molecule has 186 valence electrons. The zero-order valence-electron chi connectivity index (χ0n) is 19.7. The quantitative estimate of drug-likeness (QED) is 0.390. The molecule has 2 aliphatic rings. The zero-order chi connectivity index (χ0) is 24.2. The Balaban J connectivity index is 1.33. The first-order chi connectivity index (χ1) is 16.4. The van der Waals surface area contributed by atoms with Crippen LogP contribution in [0.3, 0.4) is 0 Å². The molecule has 0 saturated heterocycles. The van der Waals surface area contributed by atoms with Crippen molar-refractivity contribution in [2.45, 2.75) is 69.3 Å². The van der Waals surface area contributed by atoms with Crippen molar-refractivity contribution >= 4 is 0 Å². The van der Waals surface area contributed by atoms with Crippen LogP contribution >= 0.6 is 0 Å². The molecule has 2 fully saturated rings. The van der Waals surface area contributed by atoms with Crippen LogP contribution in [0.2, 0.25) is 0 Å². The van der Waals surface area contributed by atoms with Crippen molar-refractivity contribution in [3.05, 3.63) is 58.7 Å². The molecule has 0 bridgehead atoms. The van der Waals surface area contributed by atoms with E-state index in [-0.39, 0.29) is 42.0 Å². The molecule has 7 heteroatoms. The second-order valence-corrected chi connectivity index (χ2v) is 9.50. The van der Waals surface area contributed by atoms with Gasteiger partial charge in [-0.2, -0.15) is 8.78 Å². The first-order valence-corrected chi connectivity index (χ1v) is 12.1. The van der Waals surface area contributed by atoms with E-state index in [4.69, 9.17) is 14.2 Å². The summed E-state index contributed by atoms with van der Waals surface area (Å²) < 4.78 is 73.7. The predicted octanol–water partition coefficient (Wildman–Crippen LogP) is 7.28. The summed E-state index contributed by atoms with van der Waals surface area (Å²) in [6.07, 6.45) is 6.43. The van der Waals surface area contributed by atoms with Gasteiger partial charge in [0.15, 0.2) is 23.1 Å². The van der Waals surface area contributed by atoms with Crippen molar-refractivity contribution in [2.75, 3.05) is 20.8 Å². The Bertz CT molecular complexity index is 980. The van der Waals surface area contributed by atoms with Crippen LogP contribution in [-0.4, -0.2) is 26.9 Å². The molecule has 0 atom stereocenters. The van der Waals surface area contributed by atoms with Crippen molar-refractivity contribution in [1.29, 1.82) is 0 Å². The highest BCUT2D eigenvalue weighted by Crippen LogP contribution is 2.41. The number of benzene rings is 2. The maximum atomic E-state index is 15.0. The van der Waals surface area contributed by atoms with E-state index >= 15 is 4.39 Å². The lowest BCUT2D eigenvalue weighted by Crippen LogP contribution is -2.21.